The maximum absolute atomic E-state index is 12.8. The van der Waals surface area contributed by atoms with Crippen LogP contribution in [0.2, 0.25) is 0 Å². The van der Waals surface area contributed by atoms with Gasteiger partial charge >= 0.3 is 11.8 Å². The van der Waals surface area contributed by atoms with Crippen LogP contribution in [0.25, 0.3) is 0 Å². The van der Waals surface area contributed by atoms with Gasteiger partial charge in [0.25, 0.3) is 0 Å². The van der Waals surface area contributed by atoms with Crippen LogP contribution in [0.4, 0.5) is 10.1 Å². The lowest BCUT2D eigenvalue weighted by atomic mass is 10.2. The maximum Gasteiger partial charge on any atom is 0.329 e. The Balaban J connectivity index is 1.93. The monoisotopic (exact) mass is 388 g/mol. The molecule has 0 aromatic heterocycles. The number of methoxy groups -OCH3 is 1. The molecule has 2 N–H and O–H groups in total. The van der Waals surface area contributed by atoms with Crippen molar-refractivity contribution in [1.29, 1.82) is 0 Å². The Hall–Kier alpha value is -3.95. The van der Waals surface area contributed by atoms with E-state index in [0.29, 0.717) is 5.56 Å². The van der Waals surface area contributed by atoms with Gasteiger partial charge in [-0.3, -0.25) is 9.59 Å². The summed E-state index contributed by atoms with van der Waals surface area (Å²) in [5, 5.41) is 16.4. The van der Waals surface area contributed by atoms with Gasteiger partial charge in [-0.25, -0.2) is 9.82 Å². The van der Waals surface area contributed by atoms with Gasteiger partial charge in [-0.15, -0.1) is 0 Å². The number of carbonyl (C=O) groups is 3. The SMILES string of the molecule is COc1cc(/C=N\NC(=O)C(=O)Nc2ccc(F)cc2)ccc1OCC(=O)[O-]. The second-order valence-corrected chi connectivity index (χ2v) is 5.23. The topological polar surface area (TPSA) is 129 Å². The van der Waals surface area contributed by atoms with E-state index in [1.165, 1.54) is 43.7 Å². The lowest BCUT2D eigenvalue weighted by molar-refractivity contribution is -0.307. The zero-order valence-electron chi connectivity index (χ0n) is 14.6. The van der Waals surface area contributed by atoms with Crippen molar-refractivity contribution >= 4 is 29.7 Å². The first kappa shape index (κ1) is 20.4. The molecule has 0 aliphatic carbocycles. The first-order chi connectivity index (χ1) is 13.4. The number of anilines is 1. The number of hydrogen-bond donors (Lipinski definition) is 2. The summed E-state index contributed by atoms with van der Waals surface area (Å²) in [5.41, 5.74) is 2.78. The smallest absolute Gasteiger partial charge is 0.329 e. The van der Waals surface area contributed by atoms with Gasteiger partial charge in [0.05, 0.1) is 19.3 Å². The molecule has 0 aliphatic heterocycles. The van der Waals surface area contributed by atoms with Crippen molar-refractivity contribution in [3.63, 3.8) is 0 Å². The summed E-state index contributed by atoms with van der Waals surface area (Å²) in [5.74, 6) is -3.43. The normalized spacial score (nSPS) is 10.4. The quantitative estimate of drug-likeness (QED) is 0.392. The van der Waals surface area contributed by atoms with Gasteiger partial charge in [0.1, 0.15) is 12.4 Å². The molecule has 0 spiro atoms. The average molecular weight is 388 g/mol. The molecule has 0 aliphatic rings. The Morgan fingerprint density at radius 3 is 2.46 bits per heavy atom. The molecule has 2 rings (SSSR count). The Labute approximate surface area is 158 Å². The minimum absolute atomic E-state index is 0.187. The number of carboxylic acid groups (broad SMARTS) is 1. The van der Waals surface area contributed by atoms with Crippen LogP contribution in [-0.2, 0) is 14.4 Å². The third kappa shape index (κ3) is 6.09. The van der Waals surface area contributed by atoms with E-state index in [1.807, 2.05) is 5.43 Å². The van der Waals surface area contributed by atoms with Crippen LogP contribution in [0, 0.1) is 5.82 Å². The fourth-order valence-electron chi connectivity index (χ4n) is 1.96. The summed E-state index contributed by atoms with van der Waals surface area (Å²) < 4.78 is 22.9. The predicted octanol–water partition coefficient (Wildman–Crippen LogP) is 0.0518. The van der Waals surface area contributed by atoms with Crippen LogP contribution in [0.5, 0.6) is 11.5 Å². The lowest BCUT2D eigenvalue weighted by Gasteiger charge is -2.11. The van der Waals surface area contributed by atoms with Crippen molar-refractivity contribution in [3.8, 4) is 11.5 Å². The Bertz CT molecular complexity index is 899. The molecule has 9 nitrogen and oxygen atoms in total. The molecule has 0 saturated heterocycles. The van der Waals surface area contributed by atoms with Crippen LogP contribution in [-0.4, -0.2) is 37.7 Å². The second-order valence-electron chi connectivity index (χ2n) is 5.23. The van der Waals surface area contributed by atoms with Gasteiger partial charge in [0, 0.05) is 5.69 Å². The van der Waals surface area contributed by atoms with Crippen LogP contribution in [0.3, 0.4) is 0 Å². The average Bonchev–Trinajstić information content (AvgIpc) is 2.68. The van der Waals surface area contributed by atoms with Crippen molar-refractivity contribution in [1.82, 2.24) is 5.43 Å². The summed E-state index contributed by atoms with van der Waals surface area (Å²) in [7, 11) is 1.36. The summed E-state index contributed by atoms with van der Waals surface area (Å²) >= 11 is 0. The van der Waals surface area contributed by atoms with E-state index in [1.54, 1.807) is 0 Å². The van der Waals surface area contributed by atoms with E-state index >= 15 is 0 Å². The summed E-state index contributed by atoms with van der Waals surface area (Å²) in [6.45, 7) is -0.636. The highest BCUT2D eigenvalue weighted by Crippen LogP contribution is 2.27. The number of nitrogens with one attached hydrogen (secondary N) is 2. The Kier molecular flexibility index (Phi) is 7.03. The van der Waals surface area contributed by atoms with Crippen molar-refractivity contribution in [2.45, 2.75) is 0 Å². The third-order valence-electron chi connectivity index (χ3n) is 3.22. The molecule has 0 radical (unpaired) electrons. The lowest BCUT2D eigenvalue weighted by Crippen LogP contribution is -2.32. The molecule has 28 heavy (non-hydrogen) atoms. The summed E-state index contributed by atoms with van der Waals surface area (Å²) in [6, 6.07) is 9.35. The molecule has 0 bridgehead atoms. The van der Waals surface area contributed by atoms with Gasteiger partial charge in [-0.05, 0) is 48.0 Å². The van der Waals surface area contributed by atoms with Crippen LogP contribution in [0.15, 0.2) is 47.6 Å². The van der Waals surface area contributed by atoms with E-state index in [0.717, 1.165) is 12.1 Å². The number of benzene rings is 2. The van der Waals surface area contributed by atoms with Crippen LogP contribution < -0.4 is 25.3 Å². The molecule has 146 valence electrons. The molecule has 2 aromatic rings. The summed E-state index contributed by atoms with van der Waals surface area (Å²) in [6.07, 6.45) is 1.24. The zero-order valence-corrected chi connectivity index (χ0v) is 14.6. The van der Waals surface area contributed by atoms with Gasteiger partial charge in [-0.2, -0.15) is 5.10 Å². The van der Waals surface area contributed by atoms with E-state index in [9.17, 15) is 23.9 Å². The van der Waals surface area contributed by atoms with Gasteiger partial charge in [0.2, 0.25) is 0 Å². The molecular weight excluding hydrogens is 373 g/mol. The van der Waals surface area contributed by atoms with Crippen molar-refractivity contribution in [2.24, 2.45) is 5.10 Å². The number of hydrazone groups is 1. The molecule has 0 saturated carbocycles. The first-order valence-electron chi connectivity index (χ1n) is 7.79. The second kappa shape index (κ2) is 9.67. The van der Waals surface area contributed by atoms with E-state index in [-0.39, 0.29) is 17.2 Å². The first-order valence-corrected chi connectivity index (χ1v) is 7.79. The molecule has 0 fully saturated rings. The number of amides is 2. The number of nitrogens with zero attached hydrogens (tertiary/aromatic N) is 1. The molecule has 0 heterocycles. The zero-order chi connectivity index (χ0) is 20.5. The Morgan fingerprint density at radius 2 is 1.82 bits per heavy atom. The molecule has 0 unspecified atom stereocenters. The van der Waals surface area contributed by atoms with E-state index < -0.39 is 30.2 Å². The molecule has 2 amide bonds. The molecule has 2 aromatic carbocycles. The van der Waals surface area contributed by atoms with Gasteiger partial charge < -0.3 is 24.7 Å². The molecule has 10 heteroatoms. The van der Waals surface area contributed by atoms with Gasteiger partial charge in [-0.1, -0.05) is 0 Å². The number of carboxylic acids is 1. The Morgan fingerprint density at radius 1 is 1.11 bits per heavy atom. The standard InChI is InChI=1S/C18H16FN3O6/c1-27-15-8-11(2-7-14(15)28-10-16(23)24)9-20-22-18(26)17(25)21-13-5-3-12(19)4-6-13/h2-9H,10H2,1H3,(H,21,25)(H,22,26)(H,23,24)/p-1/b20-9-. The minimum atomic E-state index is -1.38. The maximum atomic E-state index is 12.8. The van der Waals surface area contributed by atoms with Crippen molar-refractivity contribution in [2.75, 3.05) is 19.0 Å². The van der Waals surface area contributed by atoms with Crippen molar-refractivity contribution < 1.29 is 33.4 Å². The highest BCUT2D eigenvalue weighted by Gasteiger charge is 2.13. The highest BCUT2D eigenvalue weighted by atomic mass is 19.1. The fourth-order valence-corrected chi connectivity index (χ4v) is 1.96. The highest BCUT2D eigenvalue weighted by molar-refractivity contribution is 6.39. The molecular formula is C18H15FN3O6-. The number of hydrogen-bond acceptors (Lipinski definition) is 7. The van der Waals surface area contributed by atoms with Crippen molar-refractivity contribution in [3.05, 3.63) is 53.8 Å². The number of aliphatic carboxylic acids is 1. The third-order valence-corrected chi connectivity index (χ3v) is 3.22. The largest absolute Gasteiger partial charge is 0.546 e. The minimum Gasteiger partial charge on any atom is -0.546 e. The van der Waals surface area contributed by atoms with E-state index in [4.69, 9.17) is 9.47 Å². The van der Waals surface area contributed by atoms with Gasteiger partial charge in [0.15, 0.2) is 11.5 Å². The summed E-state index contributed by atoms with van der Waals surface area (Å²) in [4.78, 5) is 33.9. The predicted molar refractivity (Wildman–Crippen MR) is 94.3 cm³/mol. The molecule has 0 atom stereocenters. The number of ether oxygens (including phenoxy) is 2. The fraction of sp³-hybridized carbons (Fsp3) is 0.111. The number of carbonyl (C=O) groups excluding carboxylic acids is 3. The number of rotatable bonds is 7. The van der Waals surface area contributed by atoms with Crippen LogP contribution >= 0.6 is 0 Å². The van der Waals surface area contributed by atoms with Crippen LogP contribution in [0.1, 0.15) is 5.56 Å². The van der Waals surface area contributed by atoms with E-state index in [2.05, 4.69) is 10.4 Å². The number of halogens is 1.